The second-order valence-electron chi connectivity index (χ2n) is 7.56. The summed E-state index contributed by atoms with van der Waals surface area (Å²) in [6.07, 6.45) is 1.65. The third-order valence-electron chi connectivity index (χ3n) is 5.19. The second-order valence-corrected chi connectivity index (χ2v) is 8.57. The lowest BCUT2D eigenvalue weighted by Crippen LogP contribution is -2.47. The van der Waals surface area contributed by atoms with Crippen molar-refractivity contribution >= 4 is 16.3 Å². The summed E-state index contributed by atoms with van der Waals surface area (Å²) in [5.74, 6) is 0.690. The van der Waals surface area contributed by atoms with Gasteiger partial charge in [-0.3, -0.25) is 4.90 Å². The van der Waals surface area contributed by atoms with Crippen molar-refractivity contribution in [3.05, 3.63) is 58.9 Å². The Balaban J connectivity index is 1.60. The molecule has 0 amide bonds. The molecule has 3 atom stereocenters. The van der Waals surface area contributed by atoms with Gasteiger partial charge in [-0.2, -0.15) is 9.50 Å². The summed E-state index contributed by atoms with van der Waals surface area (Å²) < 4.78 is 26.3. The Bertz CT molecular complexity index is 1150. The number of halogens is 1. The van der Waals surface area contributed by atoms with E-state index in [2.05, 4.69) is 15.0 Å². The van der Waals surface area contributed by atoms with Crippen molar-refractivity contribution in [1.82, 2.24) is 19.5 Å². The molecule has 1 saturated heterocycles. The van der Waals surface area contributed by atoms with Gasteiger partial charge in [-0.05, 0) is 43.7 Å². The summed E-state index contributed by atoms with van der Waals surface area (Å²) in [7, 11) is 0. The van der Waals surface area contributed by atoms with Crippen LogP contribution in [0.2, 0.25) is 0 Å². The zero-order valence-electron chi connectivity index (χ0n) is 16.5. The summed E-state index contributed by atoms with van der Waals surface area (Å²) in [5.41, 5.74) is 0.892. The summed E-state index contributed by atoms with van der Waals surface area (Å²) in [6.45, 7) is 5.44. The van der Waals surface area contributed by atoms with Crippen molar-refractivity contribution in [2.45, 2.75) is 32.1 Å². The lowest BCUT2D eigenvalue weighted by atomic mass is 10.0. The number of hydrogen-bond donors (Lipinski definition) is 1. The number of rotatable bonds is 4. The molecule has 0 radical (unpaired) electrons. The van der Waals surface area contributed by atoms with Gasteiger partial charge in [0, 0.05) is 13.1 Å². The zero-order chi connectivity index (χ0) is 20.8. The molecule has 1 N–H and O–H groups in total. The standard InChI is InChI=1S/C21H21FN4O3S/c1-12-10-25(11-13(2)29-12)17(14-5-7-15(22)8-6-14)18-20(27)26-21(30-18)23-19(24-26)16-4-3-9-28-16/h3-9,12-13,17,27H,10-11H2,1-2H3/t12-,13-,17-/m1/s1. The Morgan fingerprint density at radius 2 is 1.90 bits per heavy atom. The minimum Gasteiger partial charge on any atom is -0.492 e. The van der Waals surface area contributed by atoms with Gasteiger partial charge >= 0.3 is 0 Å². The van der Waals surface area contributed by atoms with Crippen LogP contribution in [-0.2, 0) is 4.74 Å². The van der Waals surface area contributed by atoms with E-state index in [1.54, 1.807) is 30.5 Å². The predicted molar refractivity (Wildman–Crippen MR) is 110 cm³/mol. The number of nitrogens with zero attached hydrogens (tertiary/aromatic N) is 4. The highest BCUT2D eigenvalue weighted by atomic mass is 32.1. The quantitative estimate of drug-likeness (QED) is 0.528. The number of aromatic nitrogens is 3. The van der Waals surface area contributed by atoms with Crippen LogP contribution >= 0.6 is 11.3 Å². The van der Waals surface area contributed by atoms with E-state index in [-0.39, 0.29) is 29.9 Å². The monoisotopic (exact) mass is 428 g/mol. The molecule has 1 fully saturated rings. The highest BCUT2D eigenvalue weighted by Crippen LogP contribution is 2.41. The maximum atomic E-state index is 13.6. The largest absolute Gasteiger partial charge is 0.492 e. The Labute approximate surface area is 176 Å². The molecule has 0 bridgehead atoms. The average Bonchev–Trinajstić information content (AvgIpc) is 3.42. The van der Waals surface area contributed by atoms with E-state index in [0.29, 0.717) is 34.5 Å². The van der Waals surface area contributed by atoms with Crippen molar-refractivity contribution < 1.29 is 18.7 Å². The van der Waals surface area contributed by atoms with Gasteiger partial charge in [-0.15, -0.1) is 5.10 Å². The number of aromatic hydroxyl groups is 1. The zero-order valence-corrected chi connectivity index (χ0v) is 17.3. The van der Waals surface area contributed by atoms with Crippen LogP contribution in [0.1, 0.15) is 30.3 Å². The Hall–Kier alpha value is -2.75. The van der Waals surface area contributed by atoms with Crippen LogP contribution in [0.3, 0.4) is 0 Å². The Morgan fingerprint density at radius 1 is 1.17 bits per heavy atom. The smallest absolute Gasteiger partial charge is 0.230 e. The number of thiazole rings is 1. The molecule has 3 aromatic heterocycles. The minimum absolute atomic E-state index is 0.0291. The number of furan rings is 1. The Morgan fingerprint density at radius 3 is 2.53 bits per heavy atom. The van der Waals surface area contributed by atoms with Crippen molar-refractivity contribution in [3.63, 3.8) is 0 Å². The Kier molecular flexibility index (Phi) is 4.80. The van der Waals surface area contributed by atoms with Crippen LogP contribution in [-0.4, -0.2) is 49.9 Å². The van der Waals surface area contributed by atoms with Gasteiger partial charge in [-0.1, -0.05) is 23.5 Å². The van der Waals surface area contributed by atoms with Crippen LogP contribution in [0.4, 0.5) is 4.39 Å². The number of ether oxygens (including phenoxy) is 1. The van der Waals surface area contributed by atoms with Crippen molar-refractivity contribution in [2.75, 3.05) is 13.1 Å². The molecule has 9 heteroatoms. The van der Waals surface area contributed by atoms with Gasteiger partial charge in [0.2, 0.25) is 16.7 Å². The molecular formula is C21H21FN4O3S. The molecule has 0 unspecified atom stereocenters. The maximum Gasteiger partial charge on any atom is 0.230 e. The van der Waals surface area contributed by atoms with Gasteiger partial charge < -0.3 is 14.3 Å². The fourth-order valence-electron chi connectivity index (χ4n) is 4.04. The van der Waals surface area contributed by atoms with Crippen LogP contribution in [0.25, 0.3) is 16.5 Å². The lowest BCUT2D eigenvalue weighted by molar-refractivity contribution is -0.0764. The average molecular weight is 428 g/mol. The van der Waals surface area contributed by atoms with Gasteiger partial charge in [0.25, 0.3) is 0 Å². The van der Waals surface area contributed by atoms with Crippen molar-refractivity contribution in [2.24, 2.45) is 0 Å². The van der Waals surface area contributed by atoms with E-state index in [1.165, 1.54) is 28.0 Å². The normalized spacial score (nSPS) is 21.3. The molecule has 0 saturated carbocycles. The molecule has 1 aliphatic heterocycles. The van der Waals surface area contributed by atoms with Crippen LogP contribution in [0.5, 0.6) is 5.88 Å². The molecule has 7 nitrogen and oxygen atoms in total. The molecule has 156 valence electrons. The highest BCUT2D eigenvalue weighted by Gasteiger charge is 2.34. The van der Waals surface area contributed by atoms with Crippen molar-refractivity contribution in [3.8, 4) is 17.5 Å². The summed E-state index contributed by atoms with van der Waals surface area (Å²) in [4.78, 5) is 8.05. The first-order valence-corrected chi connectivity index (χ1v) is 10.6. The number of hydrogen-bond acceptors (Lipinski definition) is 7. The van der Waals surface area contributed by atoms with E-state index in [0.717, 1.165) is 5.56 Å². The van der Waals surface area contributed by atoms with E-state index in [4.69, 9.17) is 9.15 Å². The topological polar surface area (TPSA) is 76.0 Å². The van der Waals surface area contributed by atoms with Crippen molar-refractivity contribution in [1.29, 1.82) is 0 Å². The first-order chi connectivity index (χ1) is 14.5. The molecule has 1 aliphatic rings. The van der Waals surface area contributed by atoms with E-state index in [9.17, 15) is 9.50 Å². The molecule has 0 spiro atoms. The summed E-state index contributed by atoms with van der Waals surface area (Å²) in [6, 6.07) is 9.68. The molecule has 5 rings (SSSR count). The predicted octanol–water partition coefficient (Wildman–Crippen LogP) is 4.09. The summed E-state index contributed by atoms with van der Waals surface area (Å²) in [5, 5.41) is 15.5. The molecule has 1 aromatic carbocycles. The molecule has 4 heterocycles. The first kappa shape index (κ1) is 19.2. The highest BCUT2D eigenvalue weighted by molar-refractivity contribution is 7.17. The van der Waals surface area contributed by atoms with Gasteiger partial charge in [0.1, 0.15) is 5.82 Å². The fraction of sp³-hybridized carbons (Fsp3) is 0.333. The molecule has 0 aliphatic carbocycles. The number of fused-ring (bicyclic) bond motifs is 1. The van der Waals surface area contributed by atoms with Gasteiger partial charge in [0.05, 0.1) is 29.4 Å². The molecular weight excluding hydrogens is 407 g/mol. The third kappa shape index (κ3) is 3.38. The van der Waals surface area contributed by atoms with Crippen LogP contribution in [0, 0.1) is 5.82 Å². The number of benzene rings is 1. The SMILES string of the molecule is C[C@@H]1CN([C@H](c2ccc(F)cc2)c2sc3nc(-c4ccco4)nn3c2O)C[C@@H](C)O1. The maximum absolute atomic E-state index is 13.6. The van der Waals surface area contributed by atoms with E-state index < -0.39 is 0 Å². The lowest BCUT2D eigenvalue weighted by Gasteiger charge is -2.40. The van der Waals surface area contributed by atoms with Crippen LogP contribution in [0.15, 0.2) is 47.1 Å². The van der Waals surface area contributed by atoms with Crippen LogP contribution < -0.4 is 0 Å². The minimum atomic E-state index is -0.295. The van der Waals surface area contributed by atoms with Gasteiger partial charge in [-0.25, -0.2) is 4.39 Å². The fourth-order valence-corrected chi connectivity index (χ4v) is 5.16. The second kappa shape index (κ2) is 7.50. The third-order valence-corrected chi connectivity index (χ3v) is 6.26. The van der Waals surface area contributed by atoms with E-state index >= 15 is 0 Å². The first-order valence-electron chi connectivity index (χ1n) is 9.77. The summed E-state index contributed by atoms with van der Waals surface area (Å²) >= 11 is 1.37. The van der Waals surface area contributed by atoms with Gasteiger partial charge in [0.15, 0.2) is 5.76 Å². The van der Waals surface area contributed by atoms with E-state index in [1.807, 2.05) is 13.8 Å². The molecule has 4 aromatic rings. The number of morpholine rings is 1. The molecule has 30 heavy (non-hydrogen) atoms.